The van der Waals surface area contributed by atoms with E-state index in [9.17, 15) is 4.79 Å². The highest BCUT2D eigenvalue weighted by atomic mass is 32.1. The van der Waals surface area contributed by atoms with Gasteiger partial charge in [-0.1, -0.05) is 17.4 Å². The Morgan fingerprint density at radius 1 is 1.58 bits per heavy atom. The SMILES string of the molecule is Cc1ccc2nc(NC(=O)CC3CCCN3)sc2c1. The van der Waals surface area contributed by atoms with Crippen molar-refractivity contribution >= 4 is 32.6 Å². The average molecular weight is 275 g/mol. The summed E-state index contributed by atoms with van der Waals surface area (Å²) in [5.41, 5.74) is 2.16. The van der Waals surface area contributed by atoms with Gasteiger partial charge in [-0.15, -0.1) is 0 Å². The van der Waals surface area contributed by atoms with Gasteiger partial charge in [0.2, 0.25) is 5.91 Å². The smallest absolute Gasteiger partial charge is 0.227 e. The van der Waals surface area contributed by atoms with E-state index in [4.69, 9.17) is 0 Å². The number of anilines is 1. The molecule has 19 heavy (non-hydrogen) atoms. The molecular formula is C14H17N3OS. The first-order chi connectivity index (χ1) is 9.20. The van der Waals surface area contributed by atoms with Crippen molar-refractivity contribution < 1.29 is 4.79 Å². The Bertz CT molecular complexity index is 602. The van der Waals surface area contributed by atoms with Crippen LogP contribution < -0.4 is 10.6 Å². The molecule has 1 fully saturated rings. The summed E-state index contributed by atoms with van der Waals surface area (Å²) in [5.74, 6) is 0.0511. The lowest BCUT2D eigenvalue weighted by molar-refractivity contribution is -0.116. The summed E-state index contributed by atoms with van der Waals surface area (Å²) in [5, 5.41) is 6.93. The largest absolute Gasteiger partial charge is 0.313 e. The summed E-state index contributed by atoms with van der Waals surface area (Å²) in [7, 11) is 0. The Hall–Kier alpha value is -1.46. The molecule has 0 bridgehead atoms. The second-order valence-corrected chi connectivity index (χ2v) is 6.07. The van der Waals surface area contributed by atoms with E-state index in [-0.39, 0.29) is 5.91 Å². The molecule has 0 saturated carbocycles. The molecule has 1 atom stereocenters. The molecule has 1 amide bonds. The second-order valence-electron chi connectivity index (χ2n) is 5.04. The van der Waals surface area contributed by atoms with Crippen LogP contribution in [0.2, 0.25) is 0 Å². The van der Waals surface area contributed by atoms with Gasteiger partial charge >= 0.3 is 0 Å². The van der Waals surface area contributed by atoms with E-state index < -0.39 is 0 Å². The van der Waals surface area contributed by atoms with E-state index in [0.717, 1.165) is 23.2 Å². The van der Waals surface area contributed by atoms with E-state index in [0.29, 0.717) is 17.6 Å². The number of aromatic nitrogens is 1. The molecule has 5 heteroatoms. The zero-order valence-electron chi connectivity index (χ0n) is 10.9. The van der Waals surface area contributed by atoms with Gasteiger partial charge in [-0.25, -0.2) is 4.98 Å². The molecule has 1 saturated heterocycles. The fourth-order valence-corrected chi connectivity index (χ4v) is 3.39. The van der Waals surface area contributed by atoms with Crippen LogP contribution in [0.3, 0.4) is 0 Å². The highest BCUT2D eigenvalue weighted by Crippen LogP contribution is 2.26. The zero-order chi connectivity index (χ0) is 13.2. The van der Waals surface area contributed by atoms with Crippen LogP contribution in [0.4, 0.5) is 5.13 Å². The molecule has 1 aliphatic rings. The van der Waals surface area contributed by atoms with Crippen LogP contribution in [-0.4, -0.2) is 23.5 Å². The summed E-state index contributed by atoms with van der Waals surface area (Å²) in [4.78, 5) is 16.4. The fraction of sp³-hybridized carbons (Fsp3) is 0.429. The van der Waals surface area contributed by atoms with Crippen molar-refractivity contribution in [2.75, 3.05) is 11.9 Å². The van der Waals surface area contributed by atoms with Crippen LogP contribution in [0, 0.1) is 6.92 Å². The molecule has 2 N–H and O–H groups in total. The van der Waals surface area contributed by atoms with E-state index in [2.05, 4.69) is 28.6 Å². The molecule has 4 nitrogen and oxygen atoms in total. The fourth-order valence-electron chi connectivity index (χ4n) is 2.41. The number of amides is 1. The Morgan fingerprint density at radius 2 is 2.47 bits per heavy atom. The number of rotatable bonds is 3. The molecule has 1 aromatic heterocycles. The second kappa shape index (κ2) is 5.27. The van der Waals surface area contributed by atoms with Crippen LogP contribution in [0.5, 0.6) is 0 Å². The summed E-state index contributed by atoms with van der Waals surface area (Å²) in [6.45, 7) is 3.08. The number of benzene rings is 1. The Morgan fingerprint density at radius 3 is 3.26 bits per heavy atom. The van der Waals surface area contributed by atoms with Gasteiger partial charge < -0.3 is 10.6 Å². The molecular weight excluding hydrogens is 258 g/mol. The van der Waals surface area contributed by atoms with Crippen molar-refractivity contribution in [2.45, 2.75) is 32.2 Å². The van der Waals surface area contributed by atoms with Crippen molar-refractivity contribution in [2.24, 2.45) is 0 Å². The van der Waals surface area contributed by atoms with Crippen molar-refractivity contribution in [3.63, 3.8) is 0 Å². The van der Waals surface area contributed by atoms with Gasteiger partial charge in [0, 0.05) is 12.5 Å². The molecule has 2 aromatic rings. The van der Waals surface area contributed by atoms with E-state index >= 15 is 0 Å². The molecule has 1 aromatic carbocycles. The lowest BCUT2D eigenvalue weighted by Gasteiger charge is -2.08. The van der Waals surface area contributed by atoms with Gasteiger partial charge in [0.15, 0.2) is 5.13 Å². The summed E-state index contributed by atoms with van der Waals surface area (Å²) in [6, 6.07) is 6.46. The first-order valence-electron chi connectivity index (χ1n) is 6.61. The number of hydrogen-bond donors (Lipinski definition) is 2. The number of carbonyl (C=O) groups excluding carboxylic acids is 1. The maximum Gasteiger partial charge on any atom is 0.227 e. The minimum absolute atomic E-state index is 0.0511. The number of carbonyl (C=O) groups is 1. The van der Waals surface area contributed by atoms with Gasteiger partial charge in [0.1, 0.15) is 0 Å². The number of hydrogen-bond acceptors (Lipinski definition) is 4. The van der Waals surface area contributed by atoms with Crippen LogP contribution in [0.25, 0.3) is 10.2 Å². The van der Waals surface area contributed by atoms with Crippen molar-refractivity contribution in [3.8, 4) is 0 Å². The number of thiazole rings is 1. The molecule has 3 rings (SSSR count). The van der Waals surface area contributed by atoms with E-state index in [1.807, 2.05) is 12.1 Å². The number of nitrogens with one attached hydrogen (secondary N) is 2. The van der Waals surface area contributed by atoms with Gasteiger partial charge in [0.25, 0.3) is 0 Å². The van der Waals surface area contributed by atoms with Crippen LogP contribution in [-0.2, 0) is 4.79 Å². The molecule has 2 heterocycles. The topological polar surface area (TPSA) is 54.0 Å². The molecule has 0 aliphatic carbocycles. The summed E-state index contributed by atoms with van der Waals surface area (Å²) < 4.78 is 1.12. The number of nitrogens with zero attached hydrogens (tertiary/aromatic N) is 1. The Kier molecular flexibility index (Phi) is 3.48. The monoisotopic (exact) mass is 275 g/mol. The average Bonchev–Trinajstić information content (AvgIpc) is 2.97. The van der Waals surface area contributed by atoms with Gasteiger partial charge in [-0.2, -0.15) is 0 Å². The first kappa shape index (κ1) is 12.6. The molecule has 100 valence electrons. The third-order valence-corrected chi connectivity index (χ3v) is 4.32. The van der Waals surface area contributed by atoms with Gasteiger partial charge in [0.05, 0.1) is 10.2 Å². The first-order valence-corrected chi connectivity index (χ1v) is 7.43. The van der Waals surface area contributed by atoms with Crippen LogP contribution in [0.15, 0.2) is 18.2 Å². The number of aryl methyl sites for hydroxylation is 1. The zero-order valence-corrected chi connectivity index (χ0v) is 11.7. The summed E-state index contributed by atoms with van der Waals surface area (Å²) >= 11 is 1.53. The van der Waals surface area contributed by atoms with Crippen molar-refractivity contribution in [3.05, 3.63) is 23.8 Å². The highest BCUT2D eigenvalue weighted by molar-refractivity contribution is 7.22. The maximum atomic E-state index is 11.9. The van der Waals surface area contributed by atoms with Gasteiger partial charge in [-0.05, 0) is 44.0 Å². The lowest BCUT2D eigenvalue weighted by atomic mass is 10.1. The van der Waals surface area contributed by atoms with Gasteiger partial charge in [-0.3, -0.25) is 4.79 Å². The maximum absolute atomic E-state index is 11.9. The highest BCUT2D eigenvalue weighted by Gasteiger charge is 2.18. The van der Waals surface area contributed by atoms with Crippen molar-refractivity contribution in [1.82, 2.24) is 10.3 Å². The van der Waals surface area contributed by atoms with Crippen molar-refractivity contribution in [1.29, 1.82) is 0 Å². The van der Waals surface area contributed by atoms with E-state index in [1.54, 1.807) is 0 Å². The Balaban J connectivity index is 1.68. The Labute approximate surface area is 116 Å². The lowest BCUT2D eigenvalue weighted by Crippen LogP contribution is -2.27. The quantitative estimate of drug-likeness (QED) is 0.905. The standard InChI is InChI=1S/C14H17N3OS/c1-9-4-5-11-12(7-9)19-14(16-11)17-13(18)8-10-3-2-6-15-10/h4-5,7,10,15H,2-3,6,8H2,1H3,(H,16,17,18). The van der Waals surface area contributed by atoms with Crippen LogP contribution >= 0.6 is 11.3 Å². The number of fused-ring (bicyclic) bond motifs is 1. The molecule has 0 spiro atoms. The molecule has 1 aliphatic heterocycles. The van der Waals surface area contributed by atoms with Crippen LogP contribution in [0.1, 0.15) is 24.8 Å². The van der Waals surface area contributed by atoms with E-state index in [1.165, 1.54) is 23.3 Å². The predicted octanol–water partition coefficient (Wildman–Crippen LogP) is 2.69. The molecule has 1 unspecified atom stereocenters. The summed E-state index contributed by atoms with van der Waals surface area (Å²) in [6.07, 6.45) is 2.79. The minimum Gasteiger partial charge on any atom is -0.313 e. The predicted molar refractivity (Wildman–Crippen MR) is 78.6 cm³/mol. The third-order valence-electron chi connectivity index (χ3n) is 3.38. The third kappa shape index (κ3) is 2.93. The minimum atomic E-state index is 0.0511. The normalized spacial score (nSPS) is 18.9. The molecule has 0 radical (unpaired) electrons.